The van der Waals surface area contributed by atoms with Crippen LogP contribution in [-0.4, -0.2) is 31.5 Å². The summed E-state index contributed by atoms with van der Waals surface area (Å²) < 4.78 is 3.66. The van der Waals surface area contributed by atoms with Crippen LogP contribution in [-0.2, 0) is 11.3 Å². The van der Waals surface area contributed by atoms with Gasteiger partial charge in [0.05, 0.1) is 11.3 Å². The van der Waals surface area contributed by atoms with Crippen LogP contribution < -0.4 is 5.32 Å². The van der Waals surface area contributed by atoms with Gasteiger partial charge in [0.1, 0.15) is 5.75 Å². The third kappa shape index (κ3) is 4.91. The van der Waals surface area contributed by atoms with Crippen LogP contribution >= 0.6 is 43.6 Å². The molecule has 0 aliphatic rings. The first-order valence-corrected chi connectivity index (χ1v) is 10.7. The molecule has 1 aromatic heterocycles. The van der Waals surface area contributed by atoms with Gasteiger partial charge in [0.25, 0.3) is 0 Å². The molecule has 0 aliphatic heterocycles. The van der Waals surface area contributed by atoms with Gasteiger partial charge in [0.15, 0.2) is 11.0 Å². The van der Waals surface area contributed by atoms with Gasteiger partial charge < -0.3 is 15.0 Å². The number of rotatable bonds is 6. The number of carbonyl (C=O) groups excluding carboxylic acids is 1. The Morgan fingerprint density at radius 1 is 1.15 bits per heavy atom. The maximum absolute atomic E-state index is 12.2. The Morgan fingerprint density at radius 2 is 1.85 bits per heavy atom. The SMILES string of the molecule is CCn1c(SCC(=O)Nc2ccc(Br)cc2)nnc1-c1cc(Br)ccc1O. The second-order valence-corrected chi connectivity index (χ2v) is 8.33. The molecule has 3 aromatic rings. The molecule has 140 valence electrons. The Balaban J connectivity index is 1.72. The van der Waals surface area contributed by atoms with Crippen LogP contribution in [0.1, 0.15) is 6.92 Å². The normalized spacial score (nSPS) is 10.8. The van der Waals surface area contributed by atoms with E-state index in [0.717, 1.165) is 14.6 Å². The third-order valence-electron chi connectivity index (χ3n) is 3.69. The number of benzene rings is 2. The van der Waals surface area contributed by atoms with Crippen molar-refractivity contribution in [1.29, 1.82) is 0 Å². The largest absolute Gasteiger partial charge is 0.507 e. The van der Waals surface area contributed by atoms with Gasteiger partial charge in [-0.15, -0.1) is 10.2 Å². The van der Waals surface area contributed by atoms with Crippen molar-refractivity contribution in [2.75, 3.05) is 11.1 Å². The smallest absolute Gasteiger partial charge is 0.234 e. The molecule has 0 spiro atoms. The zero-order valence-corrected chi connectivity index (χ0v) is 18.3. The summed E-state index contributed by atoms with van der Waals surface area (Å²) in [5, 5.41) is 22.0. The molecule has 0 unspecified atom stereocenters. The predicted octanol–water partition coefficient (Wildman–Crippen LogP) is 4.93. The number of phenolic OH excluding ortho intramolecular Hbond substituents is 1. The lowest BCUT2D eigenvalue weighted by atomic mass is 10.2. The Labute approximate surface area is 177 Å². The molecule has 3 rings (SSSR count). The van der Waals surface area contributed by atoms with Crippen molar-refractivity contribution in [3.63, 3.8) is 0 Å². The highest BCUT2D eigenvalue weighted by Gasteiger charge is 2.17. The summed E-state index contributed by atoms with van der Waals surface area (Å²) >= 11 is 8.07. The first-order chi connectivity index (χ1) is 13.0. The van der Waals surface area contributed by atoms with Crippen LogP contribution in [0.5, 0.6) is 5.75 Å². The molecular formula is C18H16Br2N4O2S. The van der Waals surface area contributed by atoms with E-state index in [4.69, 9.17) is 0 Å². The summed E-state index contributed by atoms with van der Waals surface area (Å²) in [5.41, 5.74) is 1.32. The Hall–Kier alpha value is -1.84. The van der Waals surface area contributed by atoms with E-state index in [2.05, 4.69) is 47.4 Å². The molecule has 1 heterocycles. The zero-order valence-electron chi connectivity index (χ0n) is 14.3. The first-order valence-electron chi connectivity index (χ1n) is 8.08. The molecule has 0 saturated carbocycles. The molecular weight excluding hydrogens is 496 g/mol. The second kappa shape index (κ2) is 8.90. The lowest BCUT2D eigenvalue weighted by molar-refractivity contribution is -0.113. The van der Waals surface area contributed by atoms with Crippen LogP contribution in [0.15, 0.2) is 56.6 Å². The Bertz CT molecular complexity index is 960. The van der Waals surface area contributed by atoms with E-state index in [1.165, 1.54) is 11.8 Å². The average molecular weight is 512 g/mol. The fourth-order valence-electron chi connectivity index (χ4n) is 2.43. The molecule has 0 saturated heterocycles. The summed E-state index contributed by atoms with van der Waals surface area (Å²) in [6.07, 6.45) is 0. The summed E-state index contributed by atoms with van der Waals surface area (Å²) in [4.78, 5) is 12.2. The quantitative estimate of drug-likeness (QED) is 0.459. The third-order valence-corrected chi connectivity index (χ3v) is 5.68. The van der Waals surface area contributed by atoms with E-state index >= 15 is 0 Å². The molecule has 6 nitrogen and oxygen atoms in total. The van der Waals surface area contributed by atoms with Gasteiger partial charge in [0.2, 0.25) is 5.91 Å². The van der Waals surface area contributed by atoms with Crippen molar-refractivity contribution in [3.8, 4) is 17.1 Å². The van der Waals surface area contributed by atoms with Crippen molar-refractivity contribution in [2.45, 2.75) is 18.6 Å². The predicted molar refractivity (Wildman–Crippen MR) is 114 cm³/mol. The number of anilines is 1. The number of nitrogens with zero attached hydrogens (tertiary/aromatic N) is 3. The van der Waals surface area contributed by atoms with Gasteiger partial charge in [-0.1, -0.05) is 43.6 Å². The van der Waals surface area contributed by atoms with Crippen molar-refractivity contribution in [3.05, 3.63) is 51.4 Å². The fraction of sp³-hybridized carbons (Fsp3) is 0.167. The highest BCUT2D eigenvalue weighted by Crippen LogP contribution is 2.32. The van der Waals surface area contributed by atoms with Gasteiger partial charge in [-0.05, 0) is 49.4 Å². The molecule has 0 atom stereocenters. The van der Waals surface area contributed by atoms with Gasteiger partial charge in [0, 0.05) is 21.2 Å². The highest BCUT2D eigenvalue weighted by atomic mass is 79.9. The van der Waals surface area contributed by atoms with Crippen LogP contribution in [0.25, 0.3) is 11.4 Å². The minimum Gasteiger partial charge on any atom is -0.507 e. The summed E-state index contributed by atoms with van der Waals surface area (Å²) in [6.45, 7) is 2.58. The maximum Gasteiger partial charge on any atom is 0.234 e. The number of hydrogen-bond acceptors (Lipinski definition) is 5. The molecule has 27 heavy (non-hydrogen) atoms. The number of halogens is 2. The standard InChI is InChI=1S/C18H16Br2N4O2S/c1-2-24-17(14-9-12(20)5-8-15(14)25)22-23-18(24)27-10-16(26)21-13-6-3-11(19)4-7-13/h3-9,25H,2,10H2,1H3,(H,21,26). The first kappa shape index (κ1) is 19.9. The number of carbonyl (C=O) groups is 1. The van der Waals surface area contributed by atoms with Gasteiger partial charge in [-0.3, -0.25) is 4.79 Å². The molecule has 1 amide bonds. The number of amides is 1. The summed E-state index contributed by atoms with van der Waals surface area (Å²) in [5.74, 6) is 0.773. The minimum atomic E-state index is -0.125. The monoisotopic (exact) mass is 510 g/mol. The summed E-state index contributed by atoms with van der Waals surface area (Å²) in [6, 6.07) is 12.5. The number of aromatic hydroxyl groups is 1. The van der Waals surface area contributed by atoms with Crippen LogP contribution in [0.2, 0.25) is 0 Å². The van der Waals surface area contributed by atoms with Gasteiger partial charge in [-0.2, -0.15) is 0 Å². The Morgan fingerprint density at radius 3 is 2.56 bits per heavy atom. The van der Waals surface area contributed by atoms with Crippen molar-refractivity contribution in [1.82, 2.24) is 14.8 Å². The van der Waals surface area contributed by atoms with Crippen LogP contribution in [0.4, 0.5) is 5.69 Å². The molecule has 2 aromatic carbocycles. The van der Waals surface area contributed by atoms with E-state index < -0.39 is 0 Å². The molecule has 0 aliphatic carbocycles. The lowest BCUT2D eigenvalue weighted by Crippen LogP contribution is -2.14. The maximum atomic E-state index is 12.2. The number of nitrogens with one attached hydrogen (secondary N) is 1. The van der Waals surface area contributed by atoms with E-state index in [1.54, 1.807) is 18.2 Å². The molecule has 0 radical (unpaired) electrons. The minimum absolute atomic E-state index is 0.125. The molecule has 0 bridgehead atoms. The van der Waals surface area contributed by atoms with Gasteiger partial charge >= 0.3 is 0 Å². The zero-order chi connectivity index (χ0) is 19.4. The van der Waals surface area contributed by atoms with Crippen LogP contribution in [0.3, 0.4) is 0 Å². The van der Waals surface area contributed by atoms with Crippen molar-refractivity contribution >= 4 is 55.2 Å². The van der Waals surface area contributed by atoms with E-state index in [0.29, 0.717) is 23.1 Å². The van der Waals surface area contributed by atoms with Crippen molar-refractivity contribution < 1.29 is 9.90 Å². The van der Waals surface area contributed by atoms with Crippen LogP contribution in [0, 0.1) is 0 Å². The average Bonchev–Trinajstić information content (AvgIpc) is 3.06. The topological polar surface area (TPSA) is 80.0 Å². The van der Waals surface area contributed by atoms with Crippen molar-refractivity contribution in [2.24, 2.45) is 0 Å². The molecule has 0 fully saturated rings. The summed E-state index contributed by atoms with van der Waals surface area (Å²) in [7, 11) is 0. The van der Waals surface area contributed by atoms with E-state index in [9.17, 15) is 9.90 Å². The van der Waals surface area contributed by atoms with Gasteiger partial charge in [-0.25, -0.2) is 0 Å². The molecule has 2 N–H and O–H groups in total. The van der Waals surface area contributed by atoms with E-state index in [-0.39, 0.29) is 17.4 Å². The highest BCUT2D eigenvalue weighted by molar-refractivity contribution is 9.10. The fourth-order valence-corrected chi connectivity index (χ4v) is 3.86. The number of aromatic nitrogens is 3. The second-order valence-electron chi connectivity index (χ2n) is 5.56. The van der Waals surface area contributed by atoms with E-state index in [1.807, 2.05) is 35.8 Å². The number of thioether (sulfide) groups is 1. The number of phenols is 1. The Kier molecular flexibility index (Phi) is 6.56. The lowest BCUT2D eigenvalue weighted by Gasteiger charge is -2.09. The molecule has 9 heteroatoms. The number of hydrogen-bond donors (Lipinski definition) is 2.